The second kappa shape index (κ2) is 16.6. The van der Waals surface area contributed by atoms with Crippen LogP contribution in [0.2, 0.25) is 0 Å². The molecule has 4 saturated heterocycles. The van der Waals surface area contributed by atoms with Crippen molar-refractivity contribution in [1.29, 1.82) is 0 Å². The number of furan rings is 1. The van der Waals surface area contributed by atoms with Crippen molar-refractivity contribution in [2.45, 2.75) is 94.4 Å². The molecule has 4 aliphatic heterocycles. The Hall–Kier alpha value is -5.70. The summed E-state index contributed by atoms with van der Waals surface area (Å²) in [4.78, 5) is 47.0. The maximum absolute atomic E-state index is 14.3. The van der Waals surface area contributed by atoms with Gasteiger partial charge in [-0.15, -0.1) is 0 Å². The van der Waals surface area contributed by atoms with Gasteiger partial charge in [-0.25, -0.2) is 18.3 Å². The predicted molar refractivity (Wildman–Crippen MR) is 218 cm³/mol. The molecule has 5 fully saturated rings. The molecule has 3 atom stereocenters. The number of alkyl halides is 2. The van der Waals surface area contributed by atoms with E-state index >= 15 is 0 Å². The molecule has 2 bridgehead atoms. The summed E-state index contributed by atoms with van der Waals surface area (Å²) in [5, 5.41) is 14.5. The molecule has 17 heteroatoms. The van der Waals surface area contributed by atoms with E-state index in [0.717, 1.165) is 93.5 Å². The number of likely N-dealkylation sites (tertiary alicyclic amines) is 1. The number of amides is 3. The number of ether oxygens (including phenoxy) is 2. The number of nitrogens with one attached hydrogen (secondary N) is 2. The molecule has 3 unspecified atom stereocenters. The van der Waals surface area contributed by atoms with E-state index in [0.29, 0.717) is 43.2 Å². The van der Waals surface area contributed by atoms with E-state index in [4.69, 9.17) is 18.9 Å². The lowest BCUT2D eigenvalue weighted by molar-refractivity contribution is -0.134. The van der Waals surface area contributed by atoms with Gasteiger partial charge in [0.1, 0.15) is 23.6 Å². The van der Waals surface area contributed by atoms with E-state index in [1.165, 1.54) is 10.7 Å². The third-order valence-electron chi connectivity index (χ3n) is 13.1. The number of aromatic nitrogens is 5. The Bertz CT molecular complexity index is 2530. The summed E-state index contributed by atoms with van der Waals surface area (Å²) < 4.78 is 49.2. The average Bonchev–Trinajstić information content (AvgIpc) is 4.12. The lowest BCUT2D eigenvalue weighted by atomic mass is 9.85. The Morgan fingerprint density at radius 1 is 1.07 bits per heavy atom. The molecule has 8 heterocycles. The van der Waals surface area contributed by atoms with Crippen molar-refractivity contribution in [2.24, 2.45) is 5.92 Å². The number of fused-ring (bicyclic) bond motifs is 4. The van der Waals surface area contributed by atoms with Crippen molar-refractivity contribution in [3.63, 3.8) is 0 Å². The zero-order valence-corrected chi connectivity index (χ0v) is 33.6. The van der Waals surface area contributed by atoms with E-state index in [1.54, 1.807) is 23.3 Å². The Labute approximate surface area is 350 Å². The predicted octanol–water partition coefficient (Wildman–Crippen LogP) is 5.62. The van der Waals surface area contributed by atoms with Crippen LogP contribution in [0.25, 0.3) is 16.6 Å². The number of halogens is 2. The minimum absolute atomic E-state index is 0.000852. The normalized spacial score (nSPS) is 24.8. The molecule has 1 saturated carbocycles. The summed E-state index contributed by atoms with van der Waals surface area (Å²) in [7, 11) is 0. The van der Waals surface area contributed by atoms with Crippen molar-refractivity contribution in [3.05, 3.63) is 71.5 Å². The smallest absolute Gasteiger partial charge is 0.284 e. The van der Waals surface area contributed by atoms with Crippen LogP contribution in [0.3, 0.4) is 0 Å². The minimum Gasteiger partial charge on any atom is -0.464 e. The molecule has 1 aromatic carbocycles. The number of carbonyl (C=O) groups excluding carboxylic acids is 3. The molecule has 10 rings (SSSR count). The zero-order chi connectivity index (χ0) is 41.6. The Kier molecular flexibility index (Phi) is 10.8. The number of piperidine rings is 2. The second-order valence-corrected chi connectivity index (χ2v) is 17.0. The third kappa shape index (κ3) is 8.11. The van der Waals surface area contributed by atoms with Gasteiger partial charge >= 0.3 is 0 Å². The van der Waals surface area contributed by atoms with Gasteiger partial charge in [0.15, 0.2) is 11.3 Å². The van der Waals surface area contributed by atoms with Crippen molar-refractivity contribution < 1.29 is 37.1 Å². The maximum Gasteiger partial charge on any atom is 0.284 e. The molecule has 4 aromatic heterocycles. The quantitative estimate of drug-likeness (QED) is 0.133. The SMILES string of the molecule is O=C1CCC(c2coc3ccc(C#CCOC4CCN(CC5CCC(n6cc(NC(=O)c7cnn8ccc(N9CC%10CC9CO%10)nc78)c(C(F)F)n6)CC5)CC4)cc23)C(=O)N1. The van der Waals surface area contributed by atoms with Gasteiger partial charge in [-0.3, -0.25) is 24.4 Å². The highest BCUT2D eigenvalue weighted by atomic mass is 19.3. The number of imide groups is 1. The molecule has 5 aromatic rings. The van der Waals surface area contributed by atoms with Crippen LogP contribution in [-0.2, 0) is 19.1 Å². The number of anilines is 2. The largest absolute Gasteiger partial charge is 0.464 e. The van der Waals surface area contributed by atoms with Gasteiger partial charge in [0, 0.05) is 61.5 Å². The van der Waals surface area contributed by atoms with E-state index in [1.807, 2.05) is 24.3 Å². The Balaban J connectivity index is 0.687. The third-order valence-corrected chi connectivity index (χ3v) is 13.1. The first kappa shape index (κ1) is 39.4. The van der Waals surface area contributed by atoms with Gasteiger partial charge in [-0.2, -0.15) is 10.2 Å². The monoisotopic (exact) mass is 835 g/mol. The fourth-order valence-corrected chi connectivity index (χ4v) is 9.80. The van der Waals surface area contributed by atoms with Crippen LogP contribution in [-0.4, -0.2) is 105 Å². The topological polar surface area (TPSA) is 161 Å². The number of morpholine rings is 1. The second-order valence-electron chi connectivity index (χ2n) is 17.0. The van der Waals surface area contributed by atoms with Crippen LogP contribution in [0.15, 0.2) is 53.5 Å². The highest BCUT2D eigenvalue weighted by Crippen LogP contribution is 2.37. The molecule has 61 heavy (non-hydrogen) atoms. The highest BCUT2D eigenvalue weighted by molar-refractivity contribution is 6.08. The molecule has 318 valence electrons. The van der Waals surface area contributed by atoms with Crippen molar-refractivity contribution in [3.8, 4) is 11.8 Å². The van der Waals surface area contributed by atoms with Gasteiger partial charge < -0.3 is 29.0 Å². The van der Waals surface area contributed by atoms with Crippen LogP contribution < -0.4 is 15.5 Å². The first-order valence-corrected chi connectivity index (χ1v) is 21.3. The number of hydrogen-bond donors (Lipinski definition) is 2. The number of hydrogen-bond acceptors (Lipinski definition) is 11. The molecule has 0 radical (unpaired) electrons. The number of benzene rings is 1. The van der Waals surface area contributed by atoms with Gasteiger partial charge in [-0.05, 0) is 81.5 Å². The lowest BCUT2D eigenvalue weighted by Crippen LogP contribution is -2.40. The molecule has 15 nitrogen and oxygen atoms in total. The van der Waals surface area contributed by atoms with Crippen LogP contribution in [0.1, 0.15) is 103 Å². The van der Waals surface area contributed by atoms with E-state index in [2.05, 4.69) is 42.5 Å². The Morgan fingerprint density at radius 2 is 1.92 bits per heavy atom. The summed E-state index contributed by atoms with van der Waals surface area (Å²) in [5.41, 5.74) is 2.36. The van der Waals surface area contributed by atoms with Gasteiger partial charge in [0.25, 0.3) is 12.3 Å². The van der Waals surface area contributed by atoms with Crippen molar-refractivity contribution in [1.82, 2.24) is 34.6 Å². The fraction of sp³-hybridized carbons (Fsp3) is 0.500. The Morgan fingerprint density at radius 3 is 2.69 bits per heavy atom. The van der Waals surface area contributed by atoms with Gasteiger partial charge in [-0.1, -0.05) is 11.8 Å². The first-order valence-electron chi connectivity index (χ1n) is 21.3. The minimum atomic E-state index is -2.85. The van der Waals surface area contributed by atoms with Crippen LogP contribution in [0.4, 0.5) is 20.3 Å². The zero-order valence-electron chi connectivity index (χ0n) is 33.6. The summed E-state index contributed by atoms with van der Waals surface area (Å²) in [6.45, 7) is 4.57. The van der Waals surface area contributed by atoms with Gasteiger partial charge in [0.2, 0.25) is 11.8 Å². The molecule has 5 aliphatic rings. The summed E-state index contributed by atoms with van der Waals surface area (Å²) >= 11 is 0. The summed E-state index contributed by atoms with van der Waals surface area (Å²) in [5.74, 6) is 6.02. The standard InChI is InChI=1S/C44H47F2N9O6/c45-41(46)40-36(48-44(58)34-20-47-54-16-13-38(49-42(34)54)53-22-31-19-29(53)24-60-31)23-55(51-40)28-6-3-27(4-7-28)21-52-14-11-30(12-15-52)59-17-1-2-26-5-9-37-33(18-26)35(25-61-37)32-8-10-39(56)50-43(32)57/h5,9,13,16,18,20,23,25,27-32,41H,3-4,6-8,10-12,14-15,17,19,21-22,24H2,(H,48,58)(H,50,56,57). The fourth-order valence-electron chi connectivity index (χ4n) is 9.80. The van der Waals surface area contributed by atoms with Crippen LogP contribution in [0, 0.1) is 17.8 Å². The van der Waals surface area contributed by atoms with E-state index in [-0.39, 0.29) is 47.4 Å². The van der Waals surface area contributed by atoms with Gasteiger partial charge in [0.05, 0.1) is 55.0 Å². The molecule has 3 amide bonds. The van der Waals surface area contributed by atoms with Crippen molar-refractivity contribution in [2.75, 3.05) is 49.6 Å². The molecular formula is C44H47F2N9O6. The average molecular weight is 836 g/mol. The van der Waals surface area contributed by atoms with E-state index < -0.39 is 23.9 Å². The number of nitrogens with zero attached hydrogens (tertiary/aromatic N) is 7. The van der Waals surface area contributed by atoms with Crippen LogP contribution in [0.5, 0.6) is 0 Å². The molecular weight excluding hydrogens is 789 g/mol. The van der Waals surface area contributed by atoms with Crippen LogP contribution >= 0.6 is 0 Å². The summed E-state index contributed by atoms with van der Waals surface area (Å²) in [6, 6.07) is 7.74. The first-order chi connectivity index (χ1) is 29.7. The maximum atomic E-state index is 14.3. The summed E-state index contributed by atoms with van der Waals surface area (Å²) in [6.07, 6.45) is 10.9. The molecule has 1 aliphatic carbocycles. The highest BCUT2D eigenvalue weighted by Gasteiger charge is 2.40. The van der Waals surface area contributed by atoms with E-state index in [9.17, 15) is 23.2 Å². The number of rotatable bonds is 10. The lowest BCUT2D eigenvalue weighted by Gasteiger charge is -2.36. The number of carbonyl (C=O) groups is 3. The van der Waals surface area contributed by atoms with Crippen molar-refractivity contribution >= 4 is 45.8 Å². The molecule has 2 N–H and O–H groups in total. The molecule has 0 spiro atoms.